The molecule has 0 aliphatic rings. The largest absolute Gasteiger partial charge is 0.328 e. The van der Waals surface area contributed by atoms with E-state index in [1.54, 1.807) is 0 Å². The Morgan fingerprint density at radius 1 is 1.31 bits per heavy atom. The third kappa shape index (κ3) is 1.22. The van der Waals surface area contributed by atoms with Crippen LogP contribution >= 0.6 is 0 Å². The van der Waals surface area contributed by atoms with Gasteiger partial charge in [-0.1, -0.05) is 12.1 Å². The summed E-state index contributed by atoms with van der Waals surface area (Å²) in [6.45, 7) is 6.48. The Bertz CT molecular complexity index is 427. The highest BCUT2D eigenvalue weighted by Crippen LogP contribution is 2.20. The molecule has 1 aromatic heterocycles. The minimum atomic E-state index is 0.478. The summed E-state index contributed by atoms with van der Waals surface area (Å²) in [5, 5.41) is 0. The SMILES string of the molecule is Cc1cccc2ncn(C(C)C)c12. The van der Waals surface area contributed by atoms with E-state index in [1.807, 2.05) is 6.33 Å². The van der Waals surface area contributed by atoms with E-state index in [0.29, 0.717) is 6.04 Å². The van der Waals surface area contributed by atoms with Crippen LogP contribution < -0.4 is 0 Å². The van der Waals surface area contributed by atoms with Gasteiger partial charge in [0, 0.05) is 6.04 Å². The topological polar surface area (TPSA) is 17.8 Å². The fraction of sp³-hybridized carbons (Fsp3) is 0.364. The molecule has 68 valence electrons. The van der Waals surface area contributed by atoms with Crippen molar-refractivity contribution in [2.45, 2.75) is 26.8 Å². The molecule has 0 saturated carbocycles. The van der Waals surface area contributed by atoms with Crippen molar-refractivity contribution in [3.05, 3.63) is 30.1 Å². The summed E-state index contributed by atoms with van der Waals surface area (Å²) < 4.78 is 2.21. The Labute approximate surface area is 78.2 Å². The van der Waals surface area contributed by atoms with Gasteiger partial charge in [-0.3, -0.25) is 0 Å². The molecule has 13 heavy (non-hydrogen) atoms. The molecule has 0 atom stereocenters. The number of aryl methyl sites for hydroxylation is 1. The second kappa shape index (κ2) is 2.87. The molecule has 0 amide bonds. The van der Waals surface area contributed by atoms with E-state index in [9.17, 15) is 0 Å². The number of benzene rings is 1. The molecule has 2 heteroatoms. The molecule has 1 aromatic carbocycles. The van der Waals surface area contributed by atoms with Gasteiger partial charge in [0.1, 0.15) is 0 Å². The first kappa shape index (κ1) is 8.30. The Kier molecular flexibility index (Phi) is 1.83. The lowest BCUT2D eigenvalue weighted by Gasteiger charge is -2.09. The van der Waals surface area contributed by atoms with Gasteiger partial charge >= 0.3 is 0 Å². The van der Waals surface area contributed by atoms with E-state index in [4.69, 9.17) is 0 Å². The number of para-hydroxylation sites is 1. The first-order valence-electron chi connectivity index (χ1n) is 4.62. The summed E-state index contributed by atoms with van der Waals surface area (Å²) in [6.07, 6.45) is 1.92. The molecule has 0 unspecified atom stereocenters. The third-order valence-electron chi connectivity index (χ3n) is 2.35. The highest BCUT2D eigenvalue weighted by atomic mass is 15.1. The summed E-state index contributed by atoms with van der Waals surface area (Å²) >= 11 is 0. The Balaban J connectivity index is 2.79. The molecule has 2 nitrogen and oxygen atoms in total. The first-order chi connectivity index (χ1) is 6.20. The van der Waals surface area contributed by atoms with Crippen LogP contribution in [0.5, 0.6) is 0 Å². The van der Waals surface area contributed by atoms with Crippen LogP contribution in [0.3, 0.4) is 0 Å². The highest BCUT2D eigenvalue weighted by Gasteiger charge is 2.06. The van der Waals surface area contributed by atoms with Crippen molar-refractivity contribution >= 4 is 11.0 Å². The van der Waals surface area contributed by atoms with Crippen LogP contribution in [0.25, 0.3) is 11.0 Å². The van der Waals surface area contributed by atoms with Crippen molar-refractivity contribution in [3.63, 3.8) is 0 Å². The number of aromatic nitrogens is 2. The summed E-state index contributed by atoms with van der Waals surface area (Å²) in [7, 11) is 0. The monoisotopic (exact) mass is 174 g/mol. The summed E-state index contributed by atoms with van der Waals surface area (Å²) in [5.74, 6) is 0. The number of nitrogens with zero attached hydrogens (tertiary/aromatic N) is 2. The van der Waals surface area contributed by atoms with Crippen molar-refractivity contribution in [2.24, 2.45) is 0 Å². The number of fused-ring (bicyclic) bond motifs is 1. The van der Waals surface area contributed by atoms with Crippen molar-refractivity contribution in [3.8, 4) is 0 Å². The molecule has 2 aromatic rings. The van der Waals surface area contributed by atoms with Crippen molar-refractivity contribution in [1.29, 1.82) is 0 Å². The fourth-order valence-corrected chi connectivity index (χ4v) is 1.66. The van der Waals surface area contributed by atoms with Crippen molar-refractivity contribution in [2.75, 3.05) is 0 Å². The Morgan fingerprint density at radius 3 is 2.77 bits per heavy atom. The van der Waals surface area contributed by atoms with Gasteiger partial charge in [-0.15, -0.1) is 0 Å². The molecule has 1 heterocycles. The molecular formula is C11H14N2. The van der Waals surface area contributed by atoms with Gasteiger partial charge in [-0.2, -0.15) is 0 Å². The molecule has 0 N–H and O–H groups in total. The predicted octanol–water partition coefficient (Wildman–Crippen LogP) is 2.93. The summed E-state index contributed by atoms with van der Waals surface area (Å²) in [4.78, 5) is 4.36. The van der Waals surface area contributed by atoms with Crippen LogP contribution in [0.1, 0.15) is 25.5 Å². The highest BCUT2D eigenvalue weighted by molar-refractivity contribution is 5.78. The lowest BCUT2D eigenvalue weighted by Crippen LogP contribution is -1.99. The zero-order chi connectivity index (χ0) is 9.42. The van der Waals surface area contributed by atoms with E-state index in [-0.39, 0.29) is 0 Å². The maximum Gasteiger partial charge on any atom is 0.0960 e. The number of rotatable bonds is 1. The number of hydrogen-bond acceptors (Lipinski definition) is 1. The molecule has 0 bridgehead atoms. The minimum absolute atomic E-state index is 0.478. The second-order valence-electron chi connectivity index (χ2n) is 3.69. The van der Waals surface area contributed by atoms with Crippen LogP contribution in [0.15, 0.2) is 24.5 Å². The average molecular weight is 174 g/mol. The Hall–Kier alpha value is -1.31. The van der Waals surface area contributed by atoms with Gasteiger partial charge < -0.3 is 4.57 Å². The second-order valence-corrected chi connectivity index (χ2v) is 3.69. The predicted molar refractivity (Wildman–Crippen MR) is 54.9 cm³/mol. The van der Waals surface area contributed by atoms with Crippen LogP contribution in [0, 0.1) is 6.92 Å². The van der Waals surface area contributed by atoms with Crippen molar-refractivity contribution in [1.82, 2.24) is 9.55 Å². The van der Waals surface area contributed by atoms with Crippen LogP contribution in [-0.2, 0) is 0 Å². The molecule has 0 fully saturated rings. The normalized spacial score (nSPS) is 11.4. The smallest absolute Gasteiger partial charge is 0.0960 e. The van der Waals surface area contributed by atoms with Gasteiger partial charge in [0.05, 0.1) is 17.4 Å². The van der Waals surface area contributed by atoms with Crippen LogP contribution in [0.2, 0.25) is 0 Å². The lowest BCUT2D eigenvalue weighted by molar-refractivity contribution is 0.616. The van der Waals surface area contributed by atoms with Gasteiger partial charge in [0.15, 0.2) is 0 Å². The maximum atomic E-state index is 4.36. The fourth-order valence-electron chi connectivity index (χ4n) is 1.66. The maximum absolute atomic E-state index is 4.36. The van der Waals surface area contributed by atoms with E-state index in [0.717, 1.165) is 5.52 Å². The molecule has 0 saturated heterocycles. The van der Waals surface area contributed by atoms with Gasteiger partial charge in [0.25, 0.3) is 0 Å². The van der Waals surface area contributed by atoms with E-state index < -0.39 is 0 Å². The number of hydrogen-bond donors (Lipinski definition) is 0. The van der Waals surface area contributed by atoms with E-state index in [2.05, 4.69) is 48.5 Å². The standard InChI is InChI=1S/C11H14N2/c1-8(2)13-7-12-10-6-4-5-9(3)11(10)13/h4-8H,1-3H3. The first-order valence-corrected chi connectivity index (χ1v) is 4.62. The molecule has 0 aliphatic heterocycles. The minimum Gasteiger partial charge on any atom is -0.328 e. The number of imidazole rings is 1. The van der Waals surface area contributed by atoms with Crippen LogP contribution in [-0.4, -0.2) is 9.55 Å². The van der Waals surface area contributed by atoms with Crippen LogP contribution in [0.4, 0.5) is 0 Å². The zero-order valence-corrected chi connectivity index (χ0v) is 8.28. The van der Waals surface area contributed by atoms with E-state index in [1.165, 1.54) is 11.1 Å². The van der Waals surface area contributed by atoms with Gasteiger partial charge in [0.2, 0.25) is 0 Å². The lowest BCUT2D eigenvalue weighted by atomic mass is 10.2. The molecule has 0 spiro atoms. The zero-order valence-electron chi connectivity index (χ0n) is 8.28. The molecule has 0 aliphatic carbocycles. The van der Waals surface area contributed by atoms with Gasteiger partial charge in [-0.25, -0.2) is 4.98 Å². The third-order valence-corrected chi connectivity index (χ3v) is 2.35. The quantitative estimate of drug-likeness (QED) is 0.650. The van der Waals surface area contributed by atoms with Crippen molar-refractivity contribution < 1.29 is 0 Å². The van der Waals surface area contributed by atoms with E-state index >= 15 is 0 Å². The summed E-state index contributed by atoms with van der Waals surface area (Å²) in [6, 6.07) is 6.71. The Morgan fingerprint density at radius 2 is 2.08 bits per heavy atom. The molecular weight excluding hydrogens is 160 g/mol. The average Bonchev–Trinajstić information content (AvgIpc) is 2.49. The van der Waals surface area contributed by atoms with Gasteiger partial charge in [-0.05, 0) is 32.4 Å². The molecule has 2 rings (SSSR count). The molecule has 0 radical (unpaired) electrons. The summed E-state index contributed by atoms with van der Waals surface area (Å²) in [5.41, 5.74) is 3.65.